The van der Waals surface area contributed by atoms with E-state index in [2.05, 4.69) is 10.5 Å². The van der Waals surface area contributed by atoms with Crippen molar-refractivity contribution in [3.05, 3.63) is 18.0 Å². The third-order valence-electron chi connectivity index (χ3n) is 1.61. The maximum absolute atomic E-state index is 5.54. The molecule has 0 aliphatic heterocycles. The van der Waals surface area contributed by atoms with Gasteiger partial charge in [-0.3, -0.25) is 0 Å². The molecule has 0 atom stereocenters. The predicted octanol–water partition coefficient (Wildman–Crippen LogP) is 1.58. The molecule has 0 radical (unpaired) electrons. The Balaban J connectivity index is 2.00. The van der Waals surface area contributed by atoms with Crippen LogP contribution in [0.2, 0.25) is 0 Å². The summed E-state index contributed by atoms with van der Waals surface area (Å²) in [6.45, 7) is 8.40. The second-order valence-electron chi connectivity index (χ2n) is 4.13. The Morgan fingerprint density at radius 1 is 1.50 bits per heavy atom. The molecule has 0 bridgehead atoms. The molecule has 0 saturated heterocycles. The van der Waals surface area contributed by atoms with Crippen LogP contribution in [0.25, 0.3) is 0 Å². The standard InChI is InChI=1S/C10H18N2O2/c1-10(2,3)13-7-5-11-8-9-4-6-14-12-9/h4,6,11H,5,7-8H2,1-3H3. The molecule has 0 amide bonds. The first-order valence-corrected chi connectivity index (χ1v) is 4.82. The fourth-order valence-electron chi connectivity index (χ4n) is 0.975. The average Bonchev–Trinajstić information content (AvgIpc) is 2.54. The second-order valence-corrected chi connectivity index (χ2v) is 4.13. The number of hydrogen-bond acceptors (Lipinski definition) is 4. The molecule has 0 spiro atoms. The Bertz CT molecular complexity index is 239. The quantitative estimate of drug-likeness (QED) is 0.730. The highest BCUT2D eigenvalue weighted by molar-refractivity contribution is 4.93. The summed E-state index contributed by atoms with van der Waals surface area (Å²) in [6.07, 6.45) is 1.57. The SMILES string of the molecule is CC(C)(C)OCCNCc1ccon1. The molecule has 1 rings (SSSR count). The molecular weight excluding hydrogens is 180 g/mol. The first-order chi connectivity index (χ1) is 6.58. The van der Waals surface area contributed by atoms with Crippen LogP contribution in [-0.2, 0) is 11.3 Å². The van der Waals surface area contributed by atoms with Gasteiger partial charge in [0.05, 0.1) is 17.9 Å². The van der Waals surface area contributed by atoms with Crippen molar-refractivity contribution in [2.45, 2.75) is 32.9 Å². The Kier molecular flexibility index (Phi) is 4.10. The van der Waals surface area contributed by atoms with Gasteiger partial charge in [0.15, 0.2) is 0 Å². The van der Waals surface area contributed by atoms with Crippen molar-refractivity contribution in [1.82, 2.24) is 10.5 Å². The number of aromatic nitrogens is 1. The van der Waals surface area contributed by atoms with Crippen LogP contribution in [-0.4, -0.2) is 23.9 Å². The van der Waals surface area contributed by atoms with Crippen molar-refractivity contribution >= 4 is 0 Å². The first kappa shape index (κ1) is 11.2. The van der Waals surface area contributed by atoms with Gasteiger partial charge in [0.25, 0.3) is 0 Å². The van der Waals surface area contributed by atoms with Crippen LogP contribution >= 0.6 is 0 Å². The van der Waals surface area contributed by atoms with Gasteiger partial charge in [-0.1, -0.05) is 5.16 Å². The predicted molar refractivity (Wildman–Crippen MR) is 53.9 cm³/mol. The van der Waals surface area contributed by atoms with E-state index in [4.69, 9.17) is 9.26 Å². The molecule has 1 aromatic heterocycles. The normalized spacial score (nSPS) is 11.9. The Morgan fingerprint density at radius 3 is 2.86 bits per heavy atom. The number of hydrogen-bond donors (Lipinski definition) is 1. The van der Waals surface area contributed by atoms with Gasteiger partial charge in [-0.25, -0.2) is 0 Å². The number of rotatable bonds is 5. The van der Waals surface area contributed by atoms with E-state index in [1.807, 2.05) is 26.8 Å². The monoisotopic (exact) mass is 198 g/mol. The summed E-state index contributed by atoms with van der Waals surface area (Å²) in [5, 5.41) is 7.00. The summed E-state index contributed by atoms with van der Waals surface area (Å²) in [5.74, 6) is 0. The van der Waals surface area contributed by atoms with E-state index in [9.17, 15) is 0 Å². The van der Waals surface area contributed by atoms with E-state index in [0.717, 1.165) is 18.8 Å². The van der Waals surface area contributed by atoms with Crippen LogP contribution in [0.5, 0.6) is 0 Å². The molecule has 4 nitrogen and oxygen atoms in total. The lowest BCUT2D eigenvalue weighted by Crippen LogP contribution is -2.26. The lowest BCUT2D eigenvalue weighted by molar-refractivity contribution is -0.000921. The van der Waals surface area contributed by atoms with E-state index in [0.29, 0.717) is 6.61 Å². The lowest BCUT2D eigenvalue weighted by Gasteiger charge is -2.19. The van der Waals surface area contributed by atoms with Gasteiger partial charge in [-0.05, 0) is 20.8 Å². The Labute approximate surface area is 84.6 Å². The molecule has 1 aromatic rings. The van der Waals surface area contributed by atoms with Crippen LogP contribution in [0, 0.1) is 0 Å². The molecule has 0 fully saturated rings. The van der Waals surface area contributed by atoms with E-state index in [-0.39, 0.29) is 5.60 Å². The molecule has 0 unspecified atom stereocenters. The van der Waals surface area contributed by atoms with Gasteiger partial charge in [0.1, 0.15) is 6.26 Å². The van der Waals surface area contributed by atoms with Crippen molar-refractivity contribution in [3.8, 4) is 0 Å². The summed E-state index contributed by atoms with van der Waals surface area (Å²) < 4.78 is 10.2. The fourth-order valence-corrected chi connectivity index (χ4v) is 0.975. The van der Waals surface area contributed by atoms with E-state index in [1.165, 1.54) is 0 Å². The maximum atomic E-state index is 5.54. The molecule has 80 valence electrons. The van der Waals surface area contributed by atoms with Crippen molar-refractivity contribution in [2.24, 2.45) is 0 Å². The van der Waals surface area contributed by atoms with Crippen molar-refractivity contribution < 1.29 is 9.26 Å². The van der Waals surface area contributed by atoms with Crippen LogP contribution in [0.4, 0.5) is 0 Å². The minimum Gasteiger partial charge on any atom is -0.375 e. The molecular formula is C10H18N2O2. The highest BCUT2D eigenvalue weighted by Gasteiger charge is 2.08. The maximum Gasteiger partial charge on any atom is 0.124 e. The zero-order chi connectivity index (χ0) is 10.4. The van der Waals surface area contributed by atoms with E-state index in [1.54, 1.807) is 6.26 Å². The second kappa shape index (κ2) is 5.12. The molecule has 14 heavy (non-hydrogen) atoms. The third-order valence-corrected chi connectivity index (χ3v) is 1.61. The largest absolute Gasteiger partial charge is 0.375 e. The van der Waals surface area contributed by atoms with Gasteiger partial charge in [0, 0.05) is 19.2 Å². The number of ether oxygens (including phenoxy) is 1. The first-order valence-electron chi connectivity index (χ1n) is 4.82. The minimum atomic E-state index is -0.0600. The van der Waals surface area contributed by atoms with Crippen molar-refractivity contribution in [3.63, 3.8) is 0 Å². The van der Waals surface area contributed by atoms with Crippen LogP contribution in [0.3, 0.4) is 0 Å². The van der Waals surface area contributed by atoms with Crippen molar-refractivity contribution in [2.75, 3.05) is 13.2 Å². The fraction of sp³-hybridized carbons (Fsp3) is 0.700. The average molecular weight is 198 g/mol. The molecule has 0 aliphatic carbocycles. The van der Waals surface area contributed by atoms with Gasteiger partial charge in [-0.15, -0.1) is 0 Å². The third kappa shape index (κ3) is 4.99. The van der Waals surface area contributed by atoms with Gasteiger partial charge >= 0.3 is 0 Å². The molecule has 1 N–H and O–H groups in total. The van der Waals surface area contributed by atoms with E-state index >= 15 is 0 Å². The molecule has 0 aliphatic rings. The van der Waals surface area contributed by atoms with Gasteiger partial charge < -0.3 is 14.6 Å². The highest BCUT2D eigenvalue weighted by Crippen LogP contribution is 2.05. The molecule has 4 heteroatoms. The summed E-state index contributed by atoms with van der Waals surface area (Å²) in [4.78, 5) is 0. The number of nitrogens with zero attached hydrogens (tertiary/aromatic N) is 1. The summed E-state index contributed by atoms with van der Waals surface area (Å²) in [6, 6.07) is 1.84. The minimum absolute atomic E-state index is 0.0600. The molecule has 0 aromatic carbocycles. The zero-order valence-corrected chi connectivity index (χ0v) is 9.04. The zero-order valence-electron chi connectivity index (χ0n) is 9.04. The summed E-state index contributed by atoms with van der Waals surface area (Å²) in [5.41, 5.74) is 0.857. The van der Waals surface area contributed by atoms with Crippen molar-refractivity contribution in [1.29, 1.82) is 0 Å². The Hall–Kier alpha value is -0.870. The summed E-state index contributed by atoms with van der Waals surface area (Å²) in [7, 11) is 0. The lowest BCUT2D eigenvalue weighted by atomic mass is 10.2. The van der Waals surface area contributed by atoms with Crippen LogP contribution in [0.15, 0.2) is 16.9 Å². The topological polar surface area (TPSA) is 47.3 Å². The van der Waals surface area contributed by atoms with Gasteiger partial charge in [-0.2, -0.15) is 0 Å². The Morgan fingerprint density at radius 2 is 2.29 bits per heavy atom. The smallest absolute Gasteiger partial charge is 0.124 e. The molecule has 1 heterocycles. The highest BCUT2D eigenvalue weighted by atomic mass is 16.5. The molecule has 0 saturated carbocycles. The van der Waals surface area contributed by atoms with Crippen LogP contribution in [0.1, 0.15) is 26.5 Å². The van der Waals surface area contributed by atoms with Gasteiger partial charge in [0.2, 0.25) is 0 Å². The van der Waals surface area contributed by atoms with E-state index < -0.39 is 0 Å². The number of nitrogens with one attached hydrogen (secondary N) is 1. The summed E-state index contributed by atoms with van der Waals surface area (Å²) >= 11 is 0. The van der Waals surface area contributed by atoms with Crippen LogP contribution < -0.4 is 5.32 Å².